The van der Waals surface area contributed by atoms with Gasteiger partial charge in [0.1, 0.15) is 0 Å². The van der Waals surface area contributed by atoms with Crippen LogP contribution in [0.3, 0.4) is 0 Å². The molecule has 2 nitrogen and oxygen atoms in total. The molecule has 0 aromatic carbocycles. The maximum absolute atomic E-state index is 12.0. The number of nitrogens with zero attached hydrogens (tertiary/aromatic N) is 1. The summed E-state index contributed by atoms with van der Waals surface area (Å²) in [6.07, 6.45) is -3.47. The number of rotatable bonds is 6. The van der Waals surface area contributed by atoms with Crippen LogP contribution in [-0.4, -0.2) is 36.8 Å². The van der Waals surface area contributed by atoms with Crippen LogP contribution in [0.1, 0.15) is 39.5 Å². The first-order valence-corrected chi connectivity index (χ1v) is 5.63. The molecule has 5 heteroatoms. The second-order valence-corrected chi connectivity index (χ2v) is 4.72. The third-order valence-corrected chi connectivity index (χ3v) is 3.51. The van der Waals surface area contributed by atoms with E-state index in [1.165, 1.54) is 0 Å². The molecule has 2 atom stereocenters. The lowest BCUT2D eigenvalue weighted by Crippen LogP contribution is -2.54. The fraction of sp³-hybridized carbons (Fsp3) is 1.00. The molecule has 0 radical (unpaired) electrons. The number of halogens is 3. The van der Waals surface area contributed by atoms with Gasteiger partial charge >= 0.3 is 6.18 Å². The first-order chi connectivity index (χ1) is 7.13. The van der Waals surface area contributed by atoms with Crippen molar-refractivity contribution >= 4 is 0 Å². The highest BCUT2D eigenvalue weighted by molar-refractivity contribution is 4.92. The molecule has 16 heavy (non-hydrogen) atoms. The van der Waals surface area contributed by atoms with Crippen molar-refractivity contribution in [2.45, 2.75) is 57.3 Å². The summed E-state index contributed by atoms with van der Waals surface area (Å²) in [6.45, 7) is 3.99. The normalized spacial score (nSPS) is 18.6. The molecule has 0 rings (SSSR count). The van der Waals surface area contributed by atoms with Gasteiger partial charge in [0.05, 0.1) is 0 Å². The topological polar surface area (TPSA) is 29.3 Å². The van der Waals surface area contributed by atoms with E-state index in [9.17, 15) is 13.2 Å². The van der Waals surface area contributed by atoms with Crippen LogP contribution in [0.4, 0.5) is 13.2 Å². The summed E-state index contributed by atoms with van der Waals surface area (Å²) in [7, 11) is 3.82. The van der Waals surface area contributed by atoms with Crippen LogP contribution in [0.5, 0.6) is 0 Å². The first-order valence-electron chi connectivity index (χ1n) is 5.63. The lowest BCUT2D eigenvalue weighted by atomic mass is 9.85. The van der Waals surface area contributed by atoms with Crippen LogP contribution in [0, 0.1) is 0 Å². The molecule has 0 aromatic rings. The van der Waals surface area contributed by atoms with Crippen LogP contribution in [0.25, 0.3) is 0 Å². The van der Waals surface area contributed by atoms with Gasteiger partial charge in [-0.15, -0.1) is 0 Å². The second kappa shape index (κ2) is 5.87. The van der Waals surface area contributed by atoms with Crippen molar-refractivity contribution in [1.29, 1.82) is 0 Å². The van der Waals surface area contributed by atoms with Gasteiger partial charge in [0.2, 0.25) is 0 Å². The van der Waals surface area contributed by atoms with E-state index in [0.717, 1.165) is 6.42 Å². The Labute approximate surface area is 96.0 Å². The zero-order chi connectivity index (χ0) is 13.0. The first kappa shape index (κ1) is 15.7. The molecule has 0 aliphatic carbocycles. The van der Waals surface area contributed by atoms with Gasteiger partial charge < -0.3 is 10.6 Å². The van der Waals surface area contributed by atoms with Gasteiger partial charge in [-0.05, 0) is 40.3 Å². The lowest BCUT2D eigenvalue weighted by molar-refractivity contribution is -0.136. The maximum atomic E-state index is 12.0. The number of hydrogen-bond donors (Lipinski definition) is 1. The summed E-state index contributed by atoms with van der Waals surface area (Å²) in [4.78, 5) is 1.99. The van der Waals surface area contributed by atoms with Crippen molar-refractivity contribution in [2.24, 2.45) is 5.73 Å². The molecule has 98 valence electrons. The van der Waals surface area contributed by atoms with Crippen LogP contribution in [0.15, 0.2) is 0 Å². The number of nitrogens with two attached hydrogens (primary N) is 1. The molecule has 0 heterocycles. The largest absolute Gasteiger partial charge is 0.389 e. The predicted octanol–water partition coefficient (Wildman–Crippen LogP) is 2.78. The van der Waals surface area contributed by atoms with E-state index in [1.807, 2.05) is 32.8 Å². The van der Waals surface area contributed by atoms with Gasteiger partial charge in [0.15, 0.2) is 0 Å². The van der Waals surface area contributed by atoms with Gasteiger partial charge in [-0.2, -0.15) is 13.2 Å². The molecular weight excluding hydrogens is 217 g/mol. The Hall–Kier alpha value is -0.290. The Morgan fingerprint density at radius 1 is 1.25 bits per heavy atom. The molecular formula is C11H23F3N2. The van der Waals surface area contributed by atoms with E-state index < -0.39 is 12.6 Å². The molecule has 0 saturated heterocycles. The summed E-state index contributed by atoms with van der Waals surface area (Å²) < 4.78 is 36.0. The van der Waals surface area contributed by atoms with E-state index in [4.69, 9.17) is 5.73 Å². The van der Waals surface area contributed by atoms with Gasteiger partial charge in [0, 0.05) is 18.0 Å². The predicted molar refractivity (Wildman–Crippen MR) is 60.3 cm³/mol. The lowest BCUT2D eigenvalue weighted by Gasteiger charge is -2.41. The van der Waals surface area contributed by atoms with Gasteiger partial charge in [-0.3, -0.25) is 0 Å². The highest BCUT2D eigenvalue weighted by Gasteiger charge is 2.33. The molecule has 0 aliphatic heterocycles. The molecule has 0 aliphatic rings. The minimum absolute atomic E-state index is 0.105. The third kappa shape index (κ3) is 4.70. The van der Waals surface area contributed by atoms with E-state index in [1.54, 1.807) is 0 Å². The van der Waals surface area contributed by atoms with Crippen molar-refractivity contribution < 1.29 is 13.2 Å². The van der Waals surface area contributed by atoms with Crippen molar-refractivity contribution in [2.75, 3.05) is 14.1 Å². The van der Waals surface area contributed by atoms with Gasteiger partial charge in [0.25, 0.3) is 0 Å². The van der Waals surface area contributed by atoms with Gasteiger partial charge in [-0.25, -0.2) is 0 Å². The monoisotopic (exact) mass is 240 g/mol. The number of likely N-dealkylation sites (N-methyl/N-ethyl adjacent to an activating group) is 1. The molecule has 2 N–H and O–H groups in total. The average molecular weight is 240 g/mol. The van der Waals surface area contributed by atoms with Crippen molar-refractivity contribution in [1.82, 2.24) is 4.90 Å². The van der Waals surface area contributed by atoms with Crippen LogP contribution in [0.2, 0.25) is 0 Å². The van der Waals surface area contributed by atoms with Crippen LogP contribution < -0.4 is 5.73 Å². The molecule has 0 spiro atoms. The maximum Gasteiger partial charge on any atom is 0.389 e. The highest BCUT2D eigenvalue weighted by Crippen LogP contribution is 2.26. The molecule has 0 bridgehead atoms. The minimum Gasteiger partial charge on any atom is -0.326 e. The summed E-state index contributed by atoms with van der Waals surface area (Å²) in [6, 6.07) is -0.227. The third-order valence-electron chi connectivity index (χ3n) is 3.51. The van der Waals surface area contributed by atoms with Gasteiger partial charge in [-0.1, -0.05) is 6.92 Å². The number of alkyl halides is 3. The van der Waals surface area contributed by atoms with E-state index in [0.29, 0.717) is 6.42 Å². The summed E-state index contributed by atoms with van der Waals surface area (Å²) in [5.74, 6) is 0. The summed E-state index contributed by atoms with van der Waals surface area (Å²) >= 11 is 0. The highest BCUT2D eigenvalue weighted by atomic mass is 19.4. The molecule has 0 aromatic heterocycles. The molecule has 2 unspecified atom stereocenters. The van der Waals surface area contributed by atoms with Crippen LogP contribution in [-0.2, 0) is 0 Å². The molecule has 0 saturated carbocycles. The van der Waals surface area contributed by atoms with Crippen molar-refractivity contribution in [3.63, 3.8) is 0 Å². The zero-order valence-electron chi connectivity index (χ0n) is 10.6. The number of hydrogen-bond acceptors (Lipinski definition) is 2. The zero-order valence-corrected chi connectivity index (χ0v) is 10.6. The van der Waals surface area contributed by atoms with E-state index in [2.05, 4.69) is 0 Å². The molecule has 0 amide bonds. The quantitative estimate of drug-likeness (QED) is 0.773. The Bertz CT molecular complexity index is 204. The molecule has 0 fully saturated rings. The fourth-order valence-corrected chi connectivity index (χ4v) is 1.74. The summed E-state index contributed by atoms with van der Waals surface area (Å²) in [5.41, 5.74) is 5.75. The van der Waals surface area contributed by atoms with Crippen LogP contribution >= 0.6 is 0 Å². The van der Waals surface area contributed by atoms with E-state index in [-0.39, 0.29) is 18.0 Å². The summed E-state index contributed by atoms with van der Waals surface area (Å²) in [5, 5.41) is 0. The Morgan fingerprint density at radius 2 is 1.75 bits per heavy atom. The Morgan fingerprint density at radius 3 is 2.06 bits per heavy atom. The fourth-order valence-electron chi connectivity index (χ4n) is 1.74. The Balaban J connectivity index is 4.18. The smallest absolute Gasteiger partial charge is 0.326 e. The minimum atomic E-state index is -4.07. The second-order valence-electron chi connectivity index (χ2n) is 4.72. The SMILES string of the molecule is CCC(C)(C(N)CCCC(F)(F)F)N(C)C. The standard InChI is InChI=1S/C11H23F3N2/c1-5-10(2,16(3)4)9(15)7-6-8-11(12,13)14/h9H,5-8,15H2,1-4H3. The van der Waals surface area contributed by atoms with Crippen molar-refractivity contribution in [3.8, 4) is 0 Å². The van der Waals surface area contributed by atoms with Crippen molar-refractivity contribution in [3.05, 3.63) is 0 Å². The Kier molecular flexibility index (Phi) is 5.76. The van der Waals surface area contributed by atoms with E-state index >= 15 is 0 Å². The average Bonchev–Trinajstić information content (AvgIpc) is 2.13.